The van der Waals surface area contributed by atoms with Crippen LogP contribution in [0.25, 0.3) is 0 Å². The Labute approximate surface area is 217 Å². The summed E-state index contributed by atoms with van der Waals surface area (Å²) < 4.78 is 21.4. The number of nitrogens with zero attached hydrogens (tertiary/aromatic N) is 2. The van der Waals surface area contributed by atoms with Gasteiger partial charge in [-0.25, -0.2) is 4.79 Å². The number of benzene rings is 2. The van der Waals surface area contributed by atoms with Crippen LogP contribution in [-0.4, -0.2) is 69.3 Å². The third-order valence-electron chi connectivity index (χ3n) is 5.88. The SMILES string of the molecule is COCCN(CC(=O)N(CCc1ccc(OC)c(OC)c1)Cc1ccco1)C(=O)Nc1ccc(C)cc1. The standard InChI is InChI=1S/C28H35N3O6/c1-21-7-10-23(11-8-21)29-28(33)31(15-17-34-2)20-27(32)30(19-24-6-5-16-37-24)14-13-22-9-12-25(35-3)26(18-22)36-4/h5-12,16,18H,13-15,17,19-20H2,1-4H3,(H,29,33). The highest BCUT2D eigenvalue weighted by molar-refractivity contribution is 5.92. The number of anilines is 1. The summed E-state index contributed by atoms with van der Waals surface area (Å²) in [6.45, 7) is 3.16. The molecule has 3 aromatic rings. The average molecular weight is 510 g/mol. The molecule has 1 aromatic heterocycles. The van der Waals surface area contributed by atoms with Crippen LogP contribution in [0.5, 0.6) is 11.5 Å². The molecule has 0 fully saturated rings. The van der Waals surface area contributed by atoms with Crippen LogP contribution in [0.3, 0.4) is 0 Å². The summed E-state index contributed by atoms with van der Waals surface area (Å²) in [6.07, 6.45) is 2.16. The average Bonchev–Trinajstić information content (AvgIpc) is 3.43. The van der Waals surface area contributed by atoms with Crippen LogP contribution >= 0.6 is 0 Å². The van der Waals surface area contributed by atoms with E-state index in [1.165, 1.54) is 4.90 Å². The predicted octanol–water partition coefficient (Wildman–Crippen LogP) is 4.36. The molecule has 0 unspecified atom stereocenters. The van der Waals surface area contributed by atoms with Crippen molar-refractivity contribution in [2.45, 2.75) is 19.9 Å². The van der Waals surface area contributed by atoms with Gasteiger partial charge < -0.3 is 33.7 Å². The Morgan fingerprint density at radius 1 is 0.919 bits per heavy atom. The molecule has 2 aromatic carbocycles. The van der Waals surface area contributed by atoms with Crippen molar-refractivity contribution in [1.82, 2.24) is 9.80 Å². The van der Waals surface area contributed by atoms with Crippen LogP contribution in [0.2, 0.25) is 0 Å². The predicted molar refractivity (Wildman–Crippen MR) is 141 cm³/mol. The number of amides is 3. The lowest BCUT2D eigenvalue weighted by Crippen LogP contribution is -2.46. The quantitative estimate of drug-likeness (QED) is 0.368. The molecule has 0 aliphatic carbocycles. The normalized spacial score (nSPS) is 10.6. The van der Waals surface area contributed by atoms with Gasteiger partial charge in [-0.2, -0.15) is 0 Å². The zero-order valence-electron chi connectivity index (χ0n) is 21.9. The number of nitrogens with one attached hydrogen (secondary N) is 1. The highest BCUT2D eigenvalue weighted by atomic mass is 16.5. The number of aryl methyl sites for hydroxylation is 1. The van der Waals surface area contributed by atoms with Crippen molar-refractivity contribution in [3.8, 4) is 11.5 Å². The molecule has 3 rings (SSSR count). The van der Waals surface area contributed by atoms with Crippen molar-refractivity contribution in [3.63, 3.8) is 0 Å². The van der Waals surface area contributed by atoms with Crippen molar-refractivity contribution in [3.05, 3.63) is 77.7 Å². The molecule has 0 saturated heterocycles. The summed E-state index contributed by atoms with van der Waals surface area (Å²) in [5, 5.41) is 2.87. The van der Waals surface area contributed by atoms with Crippen LogP contribution in [0.4, 0.5) is 10.5 Å². The fraction of sp³-hybridized carbons (Fsp3) is 0.357. The molecular weight excluding hydrogens is 474 g/mol. The van der Waals surface area contributed by atoms with E-state index in [9.17, 15) is 9.59 Å². The molecule has 0 bridgehead atoms. The first kappa shape index (κ1) is 27.6. The van der Waals surface area contributed by atoms with E-state index in [0.29, 0.717) is 42.5 Å². The van der Waals surface area contributed by atoms with Crippen molar-refractivity contribution in [1.29, 1.82) is 0 Å². The summed E-state index contributed by atoms with van der Waals surface area (Å²) in [5.74, 6) is 1.73. The minimum absolute atomic E-state index is 0.103. The maximum Gasteiger partial charge on any atom is 0.322 e. The van der Waals surface area contributed by atoms with Gasteiger partial charge in [0.1, 0.15) is 12.3 Å². The van der Waals surface area contributed by atoms with Gasteiger partial charge in [0, 0.05) is 25.9 Å². The van der Waals surface area contributed by atoms with Gasteiger partial charge in [-0.05, 0) is 55.3 Å². The Morgan fingerprint density at radius 2 is 1.68 bits per heavy atom. The number of urea groups is 1. The number of ether oxygens (including phenoxy) is 3. The molecule has 198 valence electrons. The minimum atomic E-state index is -0.368. The molecule has 3 amide bonds. The number of methoxy groups -OCH3 is 3. The largest absolute Gasteiger partial charge is 0.493 e. The summed E-state index contributed by atoms with van der Waals surface area (Å²) >= 11 is 0. The second-order valence-corrected chi connectivity index (χ2v) is 8.54. The van der Waals surface area contributed by atoms with E-state index < -0.39 is 0 Å². The molecule has 0 radical (unpaired) electrons. The molecule has 0 aliphatic rings. The molecule has 1 heterocycles. The van der Waals surface area contributed by atoms with Crippen LogP contribution in [0, 0.1) is 6.92 Å². The fourth-order valence-electron chi connectivity index (χ4n) is 3.74. The van der Waals surface area contributed by atoms with Gasteiger partial charge >= 0.3 is 6.03 Å². The number of hydrogen-bond donors (Lipinski definition) is 1. The third kappa shape index (κ3) is 8.28. The summed E-state index contributed by atoms with van der Waals surface area (Å²) in [6, 6.07) is 16.4. The van der Waals surface area contributed by atoms with Gasteiger partial charge in [0.05, 0.1) is 33.6 Å². The highest BCUT2D eigenvalue weighted by Gasteiger charge is 2.22. The molecule has 9 heteroatoms. The molecule has 37 heavy (non-hydrogen) atoms. The first-order chi connectivity index (χ1) is 17.9. The van der Waals surface area contributed by atoms with E-state index in [1.54, 1.807) is 38.6 Å². The number of rotatable bonds is 13. The van der Waals surface area contributed by atoms with Crippen LogP contribution in [-0.2, 0) is 22.5 Å². The van der Waals surface area contributed by atoms with E-state index in [0.717, 1.165) is 11.1 Å². The molecule has 9 nitrogen and oxygen atoms in total. The minimum Gasteiger partial charge on any atom is -0.493 e. The molecule has 0 spiro atoms. The van der Waals surface area contributed by atoms with E-state index in [1.807, 2.05) is 55.5 Å². The van der Waals surface area contributed by atoms with Crippen molar-refractivity contribution in [2.24, 2.45) is 0 Å². The Morgan fingerprint density at radius 3 is 2.32 bits per heavy atom. The maximum absolute atomic E-state index is 13.5. The van der Waals surface area contributed by atoms with Crippen LogP contribution < -0.4 is 14.8 Å². The maximum atomic E-state index is 13.5. The van der Waals surface area contributed by atoms with E-state index in [-0.39, 0.29) is 31.6 Å². The molecule has 0 atom stereocenters. The van der Waals surface area contributed by atoms with Gasteiger partial charge in [0.2, 0.25) is 5.91 Å². The molecule has 0 saturated carbocycles. The summed E-state index contributed by atoms with van der Waals surface area (Å²) in [4.78, 5) is 29.6. The Bertz CT molecular complexity index is 1130. The summed E-state index contributed by atoms with van der Waals surface area (Å²) in [7, 11) is 4.74. The first-order valence-corrected chi connectivity index (χ1v) is 12.1. The molecule has 0 aliphatic heterocycles. The Hall–Kier alpha value is -3.98. The lowest BCUT2D eigenvalue weighted by Gasteiger charge is -2.27. The fourth-order valence-corrected chi connectivity index (χ4v) is 3.74. The van der Waals surface area contributed by atoms with Crippen molar-refractivity contribution in [2.75, 3.05) is 52.9 Å². The molecule has 1 N–H and O–H groups in total. The summed E-state index contributed by atoms with van der Waals surface area (Å²) in [5.41, 5.74) is 2.74. The zero-order chi connectivity index (χ0) is 26.6. The zero-order valence-corrected chi connectivity index (χ0v) is 21.9. The van der Waals surface area contributed by atoms with Gasteiger partial charge in [-0.1, -0.05) is 23.8 Å². The van der Waals surface area contributed by atoms with E-state index >= 15 is 0 Å². The molecular formula is C28H35N3O6. The van der Waals surface area contributed by atoms with Crippen LogP contribution in [0.15, 0.2) is 65.3 Å². The lowest BCUT2D eigenvalue weighted by molar-refractivity contribution is -0.132. The number of furan rings is 1. The Kier molecular flexibility index (Phi) is 10.4. The van der Waals surface area contributed by atoms with E-state index in [2.05, 4.69) is 5.32 Å². The topological polar surface area (TPSA) is 93.5 Å². The monoisotopic (exact) mass is 509 g/mol. The smallest absolute Gasteiger partial charge is 0.322 e. The van der Waals surface area contributed by atoms with Crippen molar-refractivity contribution < 1.29 is 28.2 Å². The van der Waals surface area contributed by atoms with Gasteiger partial charge in [0.25, 0.3) is 0 Å². The second-order valence-electron chi connectivity index (χ2n) is 8.54. The first-order valence-electron chi connectivity index (χ1n) is 12.1. The number of carbonyl (C=O) groups is 2. The highest BCUT2D eigenvalue weighted by Crippen LogP contribution is 2.27. The third-order valence-corrected chi connectivity index (χ3v) is 5.88. The van der Waals surface area contributed by atoms with Gasteiger partial charge in [0.15, 0.2) is 11.5 Å². The van der Waals surface area contributed by atoms with Gasteiger partial charge in [-0.3, -0.25) is 4.79 Å². The van der Waals surface area contributed by atoms with E-state index in [4.69, 9.17) is 18.6 Å². The lowest BCUT2D eigenvalue weighted by atomic mass is 10.1. The number of hydrogen-bond acceptors (Lipinski definition) is 6. The van der Waals surface area contributed by atoms with Gasteiger partial charge in [-0.15, -0.1) is 0 Å². The Balaban J connectivity index is 1.72. The van der Waals surface area contributed by atoms with Crippen LogP contribution in [0.1, 0.15) is 16.9 Å². The van der Waals surface area contributed by atoms with Crippen molar-refractivity contribution >= 4 is 17.6 Å². The number of carbonyl (C=O) groups excluding carboxylic acids is 2. The second kappa shape index (κ2) is 13.9.